The Morgan fingerprint density at radius 2 is 2.00 bits per heavy atom. The van der Waals surface area contributed by atoms with E-state index in [9.17, 15) is 4.79 Å². The fourth-order valence-electron chi connectivity index (χ4n) is 3.45. The van der Waals surface area contributed by atoms with E-state index in [0.29, 0.717) is 5.56 Å². The molecular formula is C21H20N2OS. The van der Waals surface area contributed by atoms with Gasteiger partial charge in [0, 0.05) is 22.5 Å². The first-order valence-corrected chi connectivity index (χ1v) is 9.45. The summed E-state index contributed by atoms with van der Waals surface area (Å²) < 4.78 is 2.19. The van der Waals surface area contributed by atoms with Crippen molar-refractivity contribution in [2.75, 3.05) is 0 Å². The van der Waals surface area contributed by atoms with Crippen LogP contribution in [-0.4, -0.2) is 10.5 Å². The third-order valence-corrected chi connectivity index (χ3v) is 5.79. The van der Waals surface area contributed by atoms with Gasteiger partial charge in [0.05, 0.1) is 5.69 Å². The Hall–Kier alpha value is -2.46. The molecule has 4 rings (SSSR count). The number of hydrogen-bond donors (Lipinski definition) is 0. The zero-order chi connectivity index (χ0) is 17.4. The van der Waals surface area contributed by atoms with Gasteiger partial charge in [0.1, 0.15) is 0 Å². The lowest BCUT2D eigenvalue weighted by Gasteiger charge is -2.17. The second kappa shape index (κ2) is 6.45. The molecule has 1 aliphatic rings. The highest BCUT2D eigenvalue weighted by Gasteiger charge is 2.21. The van der Waals surface area contributed by atoms with Crippen LogP contribution in [0.1, 0.15) is 33.3 Å². The zero-order valence-corrected chi connectivity index (χ0v) is 15.3. The minimum atomic E-state index is -0.169. The largest absolute Gasteiger partial charge is 0.316 e. The number of carbonyl (C=O) groups excluding carboxylic acids is 1. The molecule has 0 radical (unpaired) electrons. The van der Waals surface area contributed by atoms with Crippen molar-refractivity contribution in [2.24, 2.45) is 4.99 Å². The number of benzene rings is 2. The molecule has 0 unspecified atom stereocenters. The normalized spacial score (nSPS) is 13.4. The van der Waals surface area contributed by atoms with Crippen LogP contribution in [0.25, 0.3) is 11.3 Å². The molecule has 3 aromatic rings. The van der Waals surface area contributed by atoms with Crippen molar-refractivity contribution in [3.63, 3.8) is 0 Å². The minimum Gasteiger partial charge on any atom is -0.316 e. The molecule has 0 saturated carbocycles. The van der Waals surface area contributed by atoms with Gasteiger partial charge in [-0.05, 0) is 44.4 Å². The van der Waals surface area contributed by atoms with E-state index in [4.69, 9.17) is 0 Å². The Labute approximate surface area is 151 Å². The van der Waals surface area contributed by atoms with Crippen LogP contribution in [-0.2, 0) is 19.4 Å². The van der Waals surface area contributed by atoms with Gasteiger partial charge in [-0.3, -0.25) is 4.79 Å². The first kappa shape index (κ1) is 16.0. The van der Waals surface area contributed by atoms with E-state index in [1.165, 1.54) is 21.7 Å². The molecule has 0 spiro atoms. The molecule has 1 aromatic heterocycles. The van der Waals surface area contributed by atoms with E-state index >= 15 is 0 Å². The third kappa shape index (κ3) is 2.87. The Balaban J connectivity index is 1.85. The van der Waals surface area contributed by atoms with Crippen LogP contribution in [0.5, 0.6) is 0 Å². The van der Waals surface area contributed by atoms with Crippen LogP contribution < -0.4 is 4.80 Å². The molecule has 0 bridgehead atoms. The molecule has 1 amide bonds. The number of hydrogen-bond acceptors (Lipinski definition) is 2. The highest BCUT2D eigenvalue weighted by Crippen LogP contribution is 2.34. The van der Waals surface area contributed by atoms with Crippen molar-refractivity contribution in [2.45, 2.75) is 33.2 Å². The summed E-state index contributed by atoms with van der Waals surface area (Å²) in [5.74, 6) is -0.169. The molecule has 1 heterocycles. The van der Waals surface area contributed by atoms with Crippen molar-refractivity contribution >= 4 is 17.2 Å². The van der Waals surface area contributed by atoms with Crippen molar-refractivity contribution < 1.29 is 4.79 Å². The fraction of sp³-hybridized carbons (Fsp3) is 0.238. The van der Waals surface area contributed by atoms with Crippen molar-refractivity contribution in [1.82, 2.24) is 4.57 Å². The standard InChI is InChI=1S/C21H20N2OS/c1-3-23-19-17-10-5-4-8-15(17)11-12-18(19)25-21(23)22-20(24)16-9-6-7-14(2)13-16/h4-10,13H,3,11-12H2,1-2H3. The molecule has 0 fully saturated rings. The molecule has 2 aromatic carbocycles. The monoisotopic (exact) mass is 348 g/mol. The van der Waals surface area contributed by atoms with Gasteiger partial charge in [0.25, 0.3) is 5.91 Å². The van der Waals surface area contributed by atoms with Crippen LogP contribution in [0.3, 0.4) is 0 Å². The van der Waals surface area contributed by atoms with Gasteiger partial charge in [-0.2, -0.15) is 4.99 Å². The van der Waals surface area contributed by atoms with Crippen LogP contribution >= 0.6 is 11.3 Å². The molecule has 0 atom stereocenters. The van der Waals surface area contributed by atoms with Gasteiger partial charge in [-0.1, -0.05) is 42.0 Å². The Kier molecular flexibility index (Phi) is 4.14. The first-order chi connectivity index (χ1) is 12.2. The Morgan fingerprint density at radius 1 is 1.16 bits per heavy atom. The lowest BCUT2D eigenvalue weighted by molar-refractivity contribution is 0.0997. The predicted molar refractivity (Wildman–Crippen MR) is 102 cm³/mol. The Morgan fingerprint density at radius 3 is 2.80 bits per heavy atom. The molecule has 0 aliphatic heterocycles. The van der Waals surface area contributed by atoms with Crippen LogP contribution in [0.4, 0.5) is 0 Å². The topological polar surface area (TPSA) is 34.4 Å². The second-order valence-electron chi connectivity index (χ2n) is 6.34. The molecular weight excluding hydrogens is 328 g/mol. The Bertz CT molecular complexity index is 1030. The summed E-state index contributed by atoms with van der Waals surface area (Å²) in [6.45, 7) is 4.91. The van der Waals surface area contributed by atoms with Gasteiger partial charge in [0.2, 0.25) is 0 Å². The summed E-state index contributed by atoms with van der Waals surface area (Å²) in [7, 11) is 0. The molecule has 4 heteroatoms. The molecule has 1 aliphatic carbocycles. The summed E-state index contributed by atoms with van der Waals surface area (Å²) >= 11 is 1.65. The minimum absolute atomic E-state index is 0.169. The number of rotatable bonds is 2. The van der Waals surface area contributed by atoms with E-state index in [1.807, 2.05) is 31.2 Å². The maximum Gasteiger partial charge on any atom is 0.279 e. The third-order valence-electron chi connectivity index (χ3n) is 4.65. The van der Waals surface area contributed by atoms with E-state index in [1.54, 1.807) is 11.3 Å². The van der Waals surface area contributed by atoms with E-state index in [0.717, 1.165) is 29.8 Å². The van der Waals surface area contributed by atoms with Crippen molar-refractivity contribution in [3.8, 4) is 11.3 Å². The van der Waals surface area contributed by atoms with Gasteiger partial charge >= 0.3 is 0 Å². The quantitative estimate of drug-likeness (QED) is 0.676. The van der Waals surface area contributed by atoms with E-state index in [-0.39, 0.29) is 5.91 Å². The fourth-order valence-corrected chi connectivity index (χ4v) is 4.65. The van der Waals surface area contributed by atoms with Crippen molar-refractivity contribution in [1.29, 1.82) is 0 Å². The van der Waals surface area contributed by atoms with E-state index in [2.05, 4.69) is 40.7 Å². The summed E-state index contributed by atoms with van der Waals surface area (Å²) in [6, 6.07) is 16.2. The molecule has 0 N–H and O–H groups in total. The first-order valence-electron chi connectivity index (χ1n) is 8.64. The smallest absolute Gasteiger partial charge is 0.279 e. The summed E-state index contributed by atoms with van der Waals surface area (Å²) in [4.78, 5) is 19.2. The summed E-state index contributed by atoms with van der Waals surface area (Å²) in [6.07, 6.45) is 2.07. The van der Waals surface area contributed by atoms with Crippen molar-refractivity contribution in [3.05, 3.63) is 74.9 Å². The predicted octanol–water partition coefficient (Wildman–Crippen LogP) is 4.38. The number of aromatic nitrogens is 1. The van der Waals surface area contributed by atoms with Gasteiger partial charge in [-0.25, -0.2) is 0 Å². The number of nitrogens with zero attached hydrogens (tertiary/aromatic N) is 2. The highest BCUT2D eigenvalue weighted by atomic mass is 32.1. The van der Waals surface area contributed by atoms with Gasteiger partial charge in [-0.15, -0.1) is 11.3 Å². The number of thiazole rings is 1. The van der Waals surface area contributed by atoms with Crippen LogP contribution in [0.2, 0.25) is 0 Å². The zero-order valence-electron chi connectivity index (χ0n) is 14.5. The highest BCUT2D eigenvalue weighted by molar-refractivity contribution is 7.09. The van der Waals surface area contributed by atoms with Gasteiger partial charge < -0.3 is 4.57 Å². The molecule has 126 valence electrons. The summed E-state index contributed by atoms with van der Waals surface area (Å²) in [5, 5.41) is 0. The average Bonchev–Trinajstić information content (AvgIpc) is 2.99. The average molecular weight is 348 g/mol. The van der Waals surface area contributed by atoms with Crippen LogP contribution in [0.15, 0.2) is 53.5 Å². The SMILES string of the molecule is CCn1c2c(sc1=NC(=O)c1cccc(C)c1)CCc1ccccc1-2. The second-order valence-corrected chi connectivity index (χ2v) is 7.41. The van der Waals surface area contributed by atoms with Crippen LogP contribution in [0, 0.1) is 6.92 Å². The lowest BCUT2D eigenvalue weighted by atomic mass is 9.93. The molecule has 3 nitrogen and oxygen atoms in total. The number of aryl methyl sites for hydroxylation is 3. The summed E-state index contributed by atoms with van der Waals surface area (Å²) in [5.41, 5.74) is 5.63. The number of carbonyl (C=O) groups is 1. The number of fused-ring (bicyclic) bond motifs is 3. The van der Waals surface area contributed by atoms with E-state index < -0.39 is 0 Å². The maximum absolute atomic E-state index is 12.6. The molecule has 25 heavy (non-hydrogen) atoms. The maximum atomic E-state index is 12.6. The van der Waals surface area contributed by atoms with Gasteiger partial charge in [0.15, 0.2) is 4.80 Å². The number of amides is 1. The lowest BCUT2D eigenvalue weighted by Crippen LogP contribution is -2.18. The molecule has 0 saturated heterocycles.